The molecule has 0 fully saturated rings. The molecule has 1 N–H and O–H groups in total. The van der Waals surface area contributed by atoms with Gasteiger partial charge in [-0.1, -0.05) is 36.4 Å². The van der Waals surface area contributed by atoms with E-state index in [0.717, 1.165) is 0 Å². The Labute approximate surface area is 159 Å². The molecule has 28 heavy (non-hydrogen) atoms. The monoisotopic (exact) mass is 370 g/mol. The van der Waals surface area contributed by atoms with Crippen LogP contribution in [-0.4, -0.2) is 25.5 Å². The second kappa shape index (κ2) is 6.81. The van der Waals surface area contributed by atoms with E-state index in [1.165, 1.54) is 15.6 Å². The lowest BCUT2D eigenvalue weighted by atomic mass is 10.1. The number of fused-ring (bicyclic) bond motifs is 1. The van der Waals surface area contributed by atoms with Crippen molar-refractivity contribution in [3.63, 3.8) is 0 Å². The van der Waals surface area contributed by atoms with Crippen molar-refractivity contribution in [2.45, 2.75) is 0 Å². The Hall–Kier alpha value is -4.25. The molecular weight excluding hydrogens is 356 g/mol. The number of benzene rings is 2. The van der Waals surface area contributed by atoms with Crippen molar-refractivity contribution in [2.75, 3.05) is 5.32 Å². The number of carbonyl (C=O) groups is 1. The van der Waals surface area contributed by atoms with Crippen molar-refractivity contribution in [1.82, 2.24) is 19.6 Å². The maximum atomic E-state index is 13.0. The molecular formula is C20H14N6O2. The molecule has 136 valence electrons. The van der Waals surface area contributed by atoms with Crippen LogP contribution in [0.4, 0.5) is 5.82 Å². The zero-order valence-corrected chi connectivity index (χ0v) is 14.8. The summed E-state index contributed by atoms with van der Waals surface area (Å²) in [4.78, 5) is 25.9. The van der Waals surface area contributed by atoms with Crippen molar-refractivity contribution in [1.29, 1.82) is 5.26 Å². The van der Waals surface area contributed by atoms with Crippen LogP contribution in [0.3, 0.4) is 0 Å². The van der Waals surface area contributed by atoms with Crippen LogP contribution in [0, 0.1) is 11.3 Å². The predicted molar refractivity (Wildman–Crippen MR) is 103 cm³/mol. The summed E-state index contributed by atoms with van der Waals surface area (Å²) in [7, 11) is 1.62. The zero-order valence-electron chi connectivity index (χ0n) is 14.8. The molecule has 1 amide bonds. The first-order chi connectivity index (χ1) is 13.6. The normalized spacial score (nSPS) is 10.6. The number of hydrogen-bond donors (Lipinski definition) is 1. The first kappa shape index (κ1) is 17.2. The minimum atomic E-state index is -0.541. The van der Waals surface area contributed by atoms with Gasteiger partial charge >= 0.3 is 0 Å². The Morgan fingerprint density at radius 3 is 2.46 bits per heavy atom. The minimum Gasteiger partial charge on any atom is -0.304 e. The van der Waals surface area contributed by atoms with Gasteiger partial charge < -0.3 is 5.32 Å². The maximum Gasteiger partial charge on any atom is 0.279 e. The molecule has 0 aliphatic heterocycles. The average molecular weight is 370 g/mol. The number of anilines is 1. The molecule has 0 radical (unpaired) electrons. The third-order valence-electron chi connectivity index (χ3n) is 4.31. The third-order valence-corrected chi connectivity index (χ3v) is 4.31. The summed E-state index contributed by atoms with van der Waals surface area (Å²) in [6, 6.07) is 17.6. The van der Waals surface area contributed by atoms with Gasteiger partial charge in [-0.2, -0.15) is 20.1 Å². The summed E-state index contributed by atoms with van der Waals surface area (Å²) in [6.45, 7) is 0. The molecule has 0 saturated heterocycles. The van der Waals surface area contributed by atoms with E-state index in [9.17, 15) is 14.9 Å². The number of nitriles is 1. The molecule has 2 aromatic carbocycles. The molecule has 0 saturated carbocycles. The molecule has 8 heteroatoms. The second-order valence-electron chi connectivity index (χ2n) is 6.04. The highest BCUT2D eigenvalue weighted by Crippen LogP contribution is 2.18. The lowest BCUT2D eigenvalue weighted by Gasteiger charge is -2.11. The quantitative estimate of drug-likeness (QED) is 0.595. The first-order valence-electron chi connectivity index (χ1n) is 8.41. The number of nitrogens with zero attached hydrogens (tertiary/aromatic N) is 5. The van der Waals surface area contributed by atoms with Gasteiger partial charge in [0.05, 0.1) is 17.3 Å². The molecule has 2 heterocycles. The van der Waals surface area contributed by atoms with Gasteiger partial charge in [-0.25, -0.2) is 0 Å². The Morgan fingerprint density at radius 1 is 1.07 bits per heavy atom. The standard InChI is InChI=1S/C20H14N6O2/c1-25-18(13(11-21)12-22-25)23-19(27)17-15-9-5-6-10-16(15)20(28)26(24-17)14-7-3-2-4-8-14/h2-10,12H,1H3,(H,23,27). The van der Waals surface area contributed by atoms with Crippen LogP contribution < -0.4 is 10.9 Å². The molecule has 0 unspecified atom stereocenters. The number of rotatable bonds is 3. The van der Waals surface area contributed by atoms with E-state index in [4.69, 9.17) is 0 Å². The van der Waals surface area contributed by atoms with E-state index in [1.807, 2.05) is 12.1 Å². The van der Waals surface area contributed by atoms with Crippen LogP contribution in [0.25, 0.3) is 16.5 Å². The highest BCUT2D eigenvalue weighted by molar-refractivity contribution is 6.11. The smallest absolute Gasteiger partial charge is 0.279 e. The fraction of sp³-hybridized carbons (Fsp3) is 0.0500. The van der Waals surface area contributed by atoms with Crippen LogP contribution >= 0.6 is 0 Å². The van der Waals surface area contributed by atoms with Gasteiger partial charge in [0.1, 0.15) is 17.5 Å². The summed E-state index contributed by atoms with van der Waals surface area (Å²) in [5.41, 5.74) is 0.530. The lowest BCUT2D eigenvalue weighted by molar-refractivity contribution is 0.102. The topological polar surface area (TPSA) is 106 Å². The first-order valence-corrected chi connectivity index (χ1v) is 8.41. The van der Waals surface area contributed by atoms with Crippen molar-refractivity contribution in [3.05, 3.63) is 82.4 Å². The van der Waals surface area contributed by atoms with Gasteiger partial charge in [0.2, 0.25) is 0 Å². The summed E-state index contributed by atoms with van der Waals surface area (Å²) < 4.78 is 2.59. The molecule has 0 aliphatic rings. The zero-order chi connectivity index (χ0) is 19.7. The third kappa shape index (κ3) is 2.81. The van der Waals surface area contributed by atoms with Crippen LogP contribution in [0.2, 0.25) is 0 Å². The predicted octanol–water partition coefficient (Wildman–Crippen LogP) is 2.24. The number of amides is 1. The van der Waals surface area contributed by atoms with Gasteiger partial charge in [0.25, 0.3) is 11.5 Å². The average Bonchev–Trinajstić information content (AvgIpc) is 3.08. The van der Waals surface area contributed by atoms with Crippen LogP contribution in [0.5, 0.6) is 0 Å². The van der Waals surface area contributed by atoms with E-state index in [2.05, 4.69) is 15.5 Å². The Kier molecular flexibility index (Phi) is 4.18. The molecule has 2 aromatic heterocycles. The van der Waals surface area contributed by atoms with Gasteiger partial charge in [0, 0.05) is 12.4 Å². The van der Waals surface area contributed by atoms with Gasteiger partial charge in [0.15, 0.2) is 5.69 Å². The SMILES string of the molecule is Cn1ncc(C#N)c1NC(=O)c1nn(-c2ccccc2)c(=O)c2ccccc12. The highest BCUT2D eigenvalue weighted by Gasteiger charge is 2.20. The number of nitrogens with one attached hydrogen (secondary N) is 1. The van der Waals surface area contributed by atoms with Crippen molar-refractivity contribution < 1.29 is 4.79 Å². The summed E-state index contributed by atoms with van der Waals surface area (Å²) in [5, 5.41) is 21.0. The van der Waals surface area contributed by atoms with Gasteiger partial charge in [-0.15, -0.1) is 0 Å². The minimum absolute atomic E-state index is 0.0733. The van der Waals surface area contributed by atoms with Crippen molar-refractivity contribution in [2.24, 2.45) is 7.05 Å². The number of hydrogen-bond acceptors (Lipinski definition) is 5. The largest absolute Gasteiger partial charge is 0.304 e. The van der Waals surface area contributed by atoms with Gasteiger partial charge in [-0.05, 0) is 18.2 Å². The van der Waals surface area contributed by atoms with E-state index in [0.29, 0.717) is 16.5 Å². The number of carbonyl (C=O) groups excluding carboxylic acids is 1. The van der Waals surface area contributed by atoms with Gasteiger partial charge in [-0.3, -0.25) is 14.3 Å². The Morgan fingerprint density at radius 2 is 1.75 bits per heavy atom. The lowest BCUT2D eigenvalue weighted by Crippen LogP contribution is -2.27. The number of aryl methyl sites for hydroxylation is 1. The fourth-order valence-electron chi connectivity index (χ4n) is 2.94. The molecule has 8 nitrogen and oxygen atoms in total. The van der Waals surface area contributed by atoms with E-state index in [-0.39, 0.29) is 22.6 Å². The fourth-order valence-corrected chi connectivity index (χ4v) is 2.94. The molecule has 4 rings (SSSR count). The van der Waals surface area contributed by atoms with Crippen LogP contribution in [0.15, 0.2) is 65.6 Å². The molecule has 0 spiro atoms. The van der Waals surface area contributed by atoms with Crippen molar-refractivity contribution in [3.8, 4) is 11.8 Å². The van der Waals surface area contributed by atoms with Crippen LogP contribution in [-0.2, 0) is 7.05 Å². The molecule has 4 aromatic rings. The van der Waals surface area contributed by atoms with Crippen molar-refractivity contribution >= 4 is 22.5 Å². The highest BCUT2D eigenvalue weighted by atomic mass is 16.2. The molecule has 0 aliphatic carbocycles. The number of para-hydroxylation sites is 1. The Balaban J connectivity index is 1.90. The van der Waals surface area contributed by atoms with E-state index in [1.54, 1.807) is 55.6 Å². The van der Waals surface area contributed by atoms with Crippen LogP contribution in [0.1, 0.15) is 16.1 Å². The summed E-state index contributed by atoms with van der Waals surface area (Å²) >= 11 is 0. The molecule has 0 atom stereocenters. The van der Waals surface area contributed by atoms with E-state index < -0.39 is 5.91 Å². The Bertz CT molecular complexity index is 1300. The summed E-state index contributed by atoms with van der Waals surface area (Å²) in [5.74, 6) is -0.281. The number of aromatic nitrogens is 4. The second-order valence-corrected chi connectivity index (χ2v) is 6.04. The van der Waals surface area contributed by atoms with E-state index >= 15 is 0 Å². The summed E-state index contributed by atoms with van der Waals surface area (Å²) in [6.07, 6.45) is 1.37. The maximum absolute atomic E-state index is 13.0. The molecule has 0 bridgehead atoms.